The molecule has 4 heteroatoms. The fourth-order valence-corrected chi connectivity index (χ4v) is 1.82. The van der Waals surface area contributed by atoms with Gasteiger partial charge in [-0.05, 0) is 38.2 Å². The molecule has 0 aliphatic heterocycles. The molecule has 19 heavy (non-hydrogen) atoms. The predicted molar refractivity (Wildman–Crippen MR) is 78.6 cm³/mol. The molecular formula is C15H25N3O. The Morgan fingerprint density at radius 2 is 2.11 bits per heavy atom. The summed E-state index contributed by atoms with van der Waals surface area (Å²) >= 11 is 0. The van der Waals surface area contributed by atoms with Gasteiger partial charge in [0, 0.05) is 10.2 Å². The van der Waals surface area contributed by atoms with Gasteiger partial charge in [-0.1, -0.05) is 36.8 Å². The molecule has 0 bridgehead atoms. The van der Waals surface area contributed by atoms with Gasteiger partial charge in [-0.3, -0.25) is 4.79 Å². The SMILES string of the molecule is [2H]C([2H])([2H])[C@H](Cc1ccccc1)NC(=O)[C@@H](N)CCCCN. The lowest BCUT2D eigenvalue weighted by molar-refractivity contribution is -0.123. The van der Waals surface area contributed by atoms with E-state index in [0.717, 1.165) is 18.4 Å². The van der Waals surface area contributed by atoms with E-state index >= 15 is 0 Å². The maximum atomic E-state index is 12.1. The Morgan fingerprint density at radius 1 is 1.37 bits per heavy atom. The van der Waals surface area contributed by atoms with Crippen LogP contribution in [0.1, 0.15) is 35.8 Å². The van der Waals surface area contributed by atoms with Crippen LogP contribution >= 0.6 is 0 Å². The Kier molecular flexibility index (Phi) is 5.22. The summed E-state index contributed by atoms with van der Waals surface area (Å²) in [4.78, 5) is 12.1. The number of rotatable bonds is 8. The summed E-state index contributed by atoms with van der Waals surface area (Å²) in [5, 5.41) is 2.57. The van der Waals surface area contributed by atoms with Gasteiger partial charge >= 0.3 is 0 Å². The standard InChI is InChI=1S/C15H25N3O/c1-12(11-13-7-3-2-4-8-13)18-15(19)14(17)9-5-6-10-16/h2-4,7-8,12,14H,5-6,9-11,16-17H2,1H3,(H,18,19)/t12-,14+/m1/s1/i1D3. The first-order chi connectivity index (χ1) is 10.3. The molecule has 106 valence electrons. The van der Waals surface area contributed by atoms with Gasteiger partial charge in [0.1, 0.15) is 0 Å². The van der Waals surface area contributed by atoms with Gasteiger partial charge in [0.15, 0.2) is 0 Å². The lowest BCUT2D eigenvalue weighted by Gasteiger charge is -2.17. The van der Waals surface area contributed by atoms with E-state index in [0.29, 0.717) is 13.0 Å². The van der Waals surface area contributed by atoms with E-state index in [9.17, 15) is 4.79 Å². The van der Waals surface area contributed by atoms with E-state index in [4.69, 9.17) is 15.6 Å². The summed E-state index contributed by atoms with van der Waals surface area (Å²) in [5.41, 5.74) is 12.1. The van der Waals surface area contributed by atoms with E-state index in [2.05, 4.69) is 5.32 Å². The minimum Gasteiger partial charge on any atom is -0.352 e. The molecular weight excluding hydrogens is 238 g/mol. The molecule has 0 aromatic heterocycles. The average Bonchev–Trinajstić information content (AvgIpc) is 2.46. The van der Waals surface area contributed by atoms with E-state index in [-0.39, 0.29) is 6.42 Å². The second kappa shape index (κ2) is 8.67. The number of carbonyl (C=O) groups excluding carboxylic acids is 1. The highest BCUT2D eigenvalue weighted by molar-refractivity contribution is 5.81. The van der Waals surface area contributed by atoms with Crippen LogP contribution < -0.4 is 16.8 Å². The highest BCUT2D eigenvalue weighted by atomic mass is 16.2. The molecule has 0 fully saturated rings. The fourth-order valence-electron chi connectivity index (χ4n) is 1.82. The molecule has 0 aliphatic rings. The van der Waals surface area contributed by atoms with Crippen LogP contribution in [0.4, 0.5) is 0 Å². The summed E-state index contributed by atoms with van der Waals surface area (Å²) in [6, 6.07) is 7.58. The fraction of sp³-hybridized carbons (Fsp3) is 0.533. The number of hydrogen-bond acceptors (Lipinski definition) is 3. The minimum atomic E-state index is -2.28. The Morgan fingerprint density at radius 3 is 2.74 bits per heavy atom. The molecule has 0 heterocycles. The zero-order valence-electron chi connectivity index (χ0n) is 14.1. The van der Waals surface area contributed by atoms with Gasteiger partial charge in [-0.2, -0.15) is 0 Å². The molecule has 1 aromatic rings. The molecule has 5 N–H and O–H groups in total. The predicted octanol–water partition coefficient (Wildman–Crippen LogP) is 1.19. The topological polar surface area (TPSA) is 81.1 Å². The van der Waals surface area contributed by atoms with Gasteiger partial charge in [0.05, 0.1) is 6.04 Å². The van der Waals surface area contributed by atoms with Crippen LogP contribution in [-0.2, 0) is 11.2 Å². The van der Waals surface area contributed by atoms with Gasteiger partial charge in [0.2, 0.25) is 5.91 Å². The molecule has 0 saturated carbocycles. The van der Waals surface area contributed by atoms with Crippen molar-refractivity contribution in [3.8, 4) is 0 Å². The Hall–Kier alpha value is -1.39. The molecule has 1 amide bonds. The molecule has 0 spiro atoms. The second-order valence-electron chi connectivity index (χ2n) is 4.64. The van der Waals surface area contributed by atoms with Crippen LogP contribution in [0.3, 0.4) is 0 Å². The summed E-state index contributed by atoms with van der Waals surface area (Å²) in [5.74, 6) is -0.422. The zero-order chi connectivity index (χ0) is 16.6. The number of carbonyl (C=O) groups is 1. The molecule has 0 unspecified atom stereocenters. The maximum Gasteiger partial charge on any atom is 0.237 e. The minimum absolute atomic E-state index is 0.249. The Balaban J connectivity index is 2.63. The number of hydrogen-bond donors (Lipinski definition) is 3. The van der Waals surface area contributed by atoms with E-state index in [1.54, 1.807) is 0 Å². The van der Waals surface area contributed by atoms with Crippen LogP contribution in [0.25, 0.3) is 0 Å². The zero-order valence-corrected chi connectivity index (χ0v) is 11.1. The second-order valence-corrected chi connectivity index (χ2v) is 4.64. The third kappa shape index (κ3) is 6.36. The van der Waals surface area contributed by atoms with Crippen molar-refractivity contribution in [2.24, 2.45) is 11.5 Å². The number of nitrogens with two attached hydrogens (primary N) is 2. The lowest BCUT2D eigenvalue weighted by atomic mass is 10.1. The smallest absolute Gasteiger partial charge is 0.237 e. The number of nitrogens with one attached hydrogen (secondary N) is 1. The number of amides is 1. The molecule has 0 aliphatic carbocycles. The summed E-state index contributed by atoms with van der Waals surface area (Å²) < 4.78 is 22.8. The maximum absolute atomic E-state index is 12.1. The van der Waals surface area contributed by atoms with Crippen molar-refractivity contribution in [1.29, 1.82) is 0 Å². The monoisotopic (exact) mass is 266 g/mol. The van der Waals surface area contributed by atoms with Crippen molar-refractivity contribution in [3.05, 3.63) is 35.9 Å². The van der Waals surface area contributed by atoms with Crippen LogP contribution in [0.15, 0.2) is 30.3 Å². The number of unbranched alkanes of at least 4 members (excludes halogenated alkanes) is 1. The van der Waals surface area contributed by atoms with E-state index in [1.807, 2.05) is 30.3 Å². The normalized spacial score (nSPS) is 16.8. The van der Waals surface area contributed by atoms with Gasteiger partial charge in [-0.15, -0.1) is 0 Å². The van der Waals surface area contributed by atoms with Crippen LogP contribution in [-0.4, -0.2) is 24.5 Å². The van der Waals surface area contributed by atoms with Crippen LogP contribution in [0.5, 0.6) is 0 Å². The quantitative estimate of drug-likeness (QED) is 0.618. The number of benzene rings is 1. The van der Waals surface area contributed by atoms with Crippen molar-refractivity contribution in [1.82, 2.24) is 5.32 Å². The first-order valence-corrected chi connectivity index (χ1v) is 6.64. The van der Waals surface area contributed by atoms with E-state index < -0.39 is 24.8 Å². The van der Waals surface area contributed by atoms with Crippen molar-refractivity contribution < 1.29 is 8.91 Å². The first-order valence-electron chi connectivity index (χ1n) is 8.14. The third-order valence-corrected chi connectivity index (χ3v) is 2.91. The molecule has 1 rings (SSSR count). The summed E-state index contributed by atoms with van der Waals surface area (Å²) in [7, 11) is 0. The van der Waals surface area contributed by atoms with E-state index in [1.165, 1.54) is 0 Å². The highest BCUT2D eigenvalue weighted by Gasteiger charge is 2.15. The molecule has 1 aromatic carbocycles. The Labute approximate surface area is 119 Å². The molecule has 2 atom stereocenters. The lowest BCUT2D eigenvalue weighted by Crippen LogP contribution is -2.45. The molecule has 0 radical (unpaired) electrons. The van der Waals surface area contributed by atoms with Crippen LogP contribution in [0, 0.1) is 0 Å². The van der Waals surface area contributed by atoms with Gasteiger partial charge < -0.3 is 16.8 Å². The van der Waals surface area contributed by atoms with Gasteiger partial charge in [0.25, 0.3) is 0 Å². The highest BCUT2D eigenvalue weighted by Crippen LogP contribution is 2.04. The largest absolute Gasteiger partial charge is 0.352 e. The van der Waals surface area contributed by atoms with Crippen molar-refractivity contribution in [3.63, 3.8) is 0 Å². The first kappa shape index (κ1) is 11.4. The van der Waals surface area contributed by atoms with Crippen molar-refractivity contribution in [2.45, 2.75) is 44.6 Å². The summed E-state index contributed by atoms with van der Waals surface area (Å²) in [6.07, 6.45) is 2.30. The summed E-state index contributed by atoms with van der Waals surface area (Å²) in [6.45, 7) is -1.72. The Bertz CT molecular complexity index is 451. The molecule has 0 saturated heterocycles. The third-order valence-electron chi connectivity index (χ3n) is 2.91. The average molecular weight is 266 g/mol. The van der Waals surface area contributed by atoms with Gasteiger partial charge in [-0.25, -0.2) is 0 Å². The van der Waals surface area contributed by atoms with Crippen molar-refractivity contribution >= 4 is 5.91 Å². The molecule has 4 nitrogen and oxygen atoms in total. The van der Waals surface area contributed by atoms with Crippen LogP contribution in [0.2, 0.25) is 0 Å². The van der Waals surface area contributed by atoms with Crippen molar-refractivity contribution in [2.75, 3.05) is 6.54 Å².